The predicted molar refractivity (Wildman–Crippen MR) is 161 cm³/mol. The molecule has 1 fully saturated rings. The molecule has 0 spiro atoms. The topological polar surface area (TPSA) is 101 Å². The summed E-state index contributed by atoms with van der Waals surface area (Å²) in [5, 5.41) is 11.5. The molecule has 10 heteroatoms. The number of rotatable bonds is 8. The van der Waals surface area contributed by atoms with Gasteiger partial charge in [-0.15, -0.1) is 0 Å². The predicted octanol–water partition coefficient (Wildman–Crippen LogP) is 4.11. The lowest BCUT2D eigenvalue weighted by Crippen LogP contribution is -2.48. The Labute approximate surface area is 243 Å². The van der Waals surface area contributed by atoms with Gasteiger partial charge in [-0.2, -0.15) is 0 Å². The number of aromatic nitrogens is 1. The van der Waals surface area contributed by atoms with E-state index in [1.165, 1.54) is 19.2 Å². The number of aromatic hydroxyl groups is 1. The van der Waals surface area contributed by atoms with E-state index in [2.05, 4.69) is 21.8 Å². The van der Waals surface area contributed by atoms with Crippen molar-refractivity contribution in [3.8, 4) is 5.88 Å². The number of hydrogen-bond acceptors (Lipinski definition) is 7. The number of nitrogens with one attached hydrogen (secondary N) is 1. The maximum atomic E-state index is 14.0. The number of nitrogens with zero attached hydrogens (tertiary/aromatic N) is 4. The number of anilines is 1. The van der Waals surface area contributed by atoms with Crippen LogP contribution in [-0.4, -0.2) is 91.4 Å². The number of esters is 1. The van der Waals surface area contributed by atoms with E-state index >= 15 is 0 Å². The molecule has 0 saturated carbocycles. The molecule has 4 aromatic rings. The third kappa shape index (κ3) is 6.50. The van der Waals surface area contributed by atoms with Gasteiger partial charge in [0.15, 0.2) is 5.88 Å². The van der Waals surface area contributed by atoms with Crippen LogP contribution >= 0.6 is 0 Å². The number of methoxy groups -OCH3 is 1. The number of amides is 1. The first-order valence-corrected chi connectivity index (χ1v) is 13.7. The SMILES string of the molecule is COC(=O)Cc1cccc(C(=Nc2ccc(N(C)C(=O)CN3CCN(C)CC3)cc2)c2c(O)[nH]c3cc(F)ccc23)c1. The molecule has 5 rings (SSSR count). The summed E-state index contributed by atoms with van der Waals surface area (Å²) in [7, 11) is 5.18. The molecule has 1 amide bonds. The summed E-state index contributed by atoms with van der Waals surface area (Å²) in [6, 6.07) is 18.8. The summed E-state index contributed by atoms with van der Waals surface area (Å²) in [5.74, 6) is -0.956. The lowest BCUT2D eigenvalue weighted by molar-refractivity contribution is -0.139. The van der Waals surface area contributed by atoms with E-state index < -0.39 is 5.82 Å². The minimum Gasteiger partial charge on any atom is -0.494 e. The standard InChI is InChI=1S/C32H34FN5O4/c1-36-13-15-38(16-14-36)20-28(39)37(2)25-10-8-24(9-11-25)34-31(22-6-4-5-21(17-22)18-29(40)42-3)30-26-12-7-23(33)19-27(26)35-32(30)41/h4-12,17,19,35,41H,13-16,18,20H2,1-3H3. The van der Waals surface area contributed by atoms with Crippen LogP contribution in [0.3, 0.4) is 0 Å². The molecule has 0 unspecified atom stereocenters. The Morgan fingerprint density at radius 2 is 1.79 bits per heavy atom. The summed E-state index contributed by atoms with van der Waals surface area (Å²) >= 11 is 0. The van der Waals surface area contributed by atoms with Crippen molar-refractivity contribution in [2.45, 2.75) is 6.42 Å². The van der Waals surface area contributed by atoms with Gasteiger partial charge in [0.05, 0.1) is 42.6 Å². The Bertz CT molecular complexity index is 1620. The van der Waals surface area contributed by atoms with E-state index in [4.69, 9.17) is 9.73 Å². The first-order chi connectivity index (χ1) is 20.2. The van der Waals surface area contributed by atoms with Gasteiger partial charge in [0.1, 0.15) is 5.82 Å². The lowest BCUT2D eigenvalue weighted by Gasteiger charge is -2.32. The van der Waals surface area contributed by atoms with Crippen LogP contribution in [0.1, 0.15) is 16.7 Å². The molecule has 0 atom stereocenters. The molecule has 3 aromatic carbocycles. The smallest absolute Gasteiger partial charge is 0.309 e. The second-order valence-corrected chi connectivity index (χ2v) is 10.5. The van der Waals surface area contributed by atoms with Crippen LogP contribution in [0.2, 0.25) is 0 Å². The molecule has 1 saturated heterocycles. The van der Waals surface area contributed by atoms with E-state index in [0.717, 1.165) is 31.9 Å². The Hall–Kier alpha value is -4.54. The number of halogens is 1. The number of H-pyrrole nitrogens is 1. The molecule has 1 aromatic heterocycles. The monoisotopic (exact) mass is 571 g/mol. The molecule has 1 aliphatic rings. The maximum Gasteiger partial charge on any atom is 0.309 e. The van der Waals surface area contributed by atoms with Crippen LogP contribution in [0.5, 0.6) is 5.88 Å². The second kappa shape index (κ2) is 12.5. The van der Waals surface area contributed by atoms with E-state index in [0.29, 0.717) is 45.5 Å². The van der Waals surface area contributed by atoms with Crippen molar-refractivity contribution in [3.63, 3.8) is 0 Å². The molecule has 0 aliphatic carbocycles. The lowest BCUT2D eigenvalue weighted by atomic mass is 9.98. The number of carbonyl (C=O) groups excluding carboxylic acids is 2. The Morgan fingerprint density at radius 3 is 2.50 bits per heavy atom. The van der Waals surface area contributed by atoms with E-state index in [9.17, 15) is 19.1 Å². The second-order valence-electron chi connectivity index (χ2n) is 10.5. The van der Waals surface area contributed by atoms with Crippen molar-refractivity contribution in [1.29, 1.82) is 0 Å². The fourth-order valence-corrected chi connectivity index (χ4v) is 5.05. The van der Waals surface area contributed by atoms with Crippen molar-refractivity contribution in [2.75, 3.05) is 58.8 Å². The van der Waals surface area contributed by atoms with Crippen LogP contribution in [-0.2, 0) is 20.7 Å². The van der Waals surface area contributed by atoms with Crippen LogP contribution in [0.4, 0.5) is 15.8 Å². The summed E-state index contributed by atoms with van der Waals surface area (Å²) < 4.78 is 18.8. The fourth-order valence-electron chi connectivity index (χ4n) is 5.05. The number of aliphatic imine (C=N–C) groups is 1. The molecule has 42 heavy (non-hydrogen) atoms. The third-order valence-corrected chi connectivity index (χ3v) is 7.56. The highest BCUT2D eigenvalue weighted by Gasteiger charge is 2.21. The zero-order valence-corrected chi connectivity index (χ0v) is 23.9. The number of ether oxygens (including phenoxy) is 1. The Balaban J connectivity index is 1.48. The van der Waals surface area contributed by atoms with Gasteiger partial charge < -0.3 is 24.6 Å². The van der Waals surface area contributed by atoms with Crippen LogP contribution in [0.25, 0.3) is 10.9 Å². The van der Waals surface area contributed by atoms with Crippen molar-refractivity contribution >= 4 is 39.9 Å². The molecular formula is C32H34FN5O4. The average Bonchev–Trinajstić information content (AvgIpc) is 3.31. The number of fused-ring (bicyclic) bond motifs is 1. The van der Waals surface area contributed by atoms with Gasteiger partial charge in [-0.25, -0.2) is 9.38 Å². The molecule has 1 aliphatic heterocycles. The molecule has 9 nitrogen and oxygen atoms in total. The minimum atomic E-state index is -0.434. The zero-order valence-electron chi connectivity index (χ0n) is 23.9. The minimum absolute atomic E-state index is 0.00913. The van der Waals surface area contributed by atoms with Gasteiger partial charge in [-0.05, 0) is 61.1 Å². The van der Waals surface area contributed by atoms with E-state index in [1.807, 2.05) is 30.3 Å². The first kappa shape index (κ1) is 29.0. The first-order valence-electron chi connectivity index (χ1n) is 13.7. The van der Waals surface area contributed by atoms with E-state index in [1.54, 1.807) is 36.2 Å². The molecule has 0 radical (unpaired) electrons. The van der Waals surface area contributed by atoms with Crippen LogP contribution in [0, 0.1) is 5.82 Å². The summed E-state index contributed by atoms with van der Waals surface area (Å²) in [6.45, 7) is 3.97. The zero-order chi connectivity index (χ0) is 29.8. The molecule has 2 heterocycles. The van der Waals surface area contributed by atoms with Crippen molar-refractivity contribution in [1.82, 2.24) is 14.8 Å². The number of likely N-dealkylation sites (N-methyl/N-ethyl adjacent to an activating group) is 2. The average molecular weight is 572 g/mol. The van der Waals surface area contributed by atoms with Crippen LogP contribution in [0.15, 0.2) is 71.7 Å². The number of benzene rings is 3. The summed E-state index contributed by atoms with van der Waals surface area (Å²) in [6.07, 6.45) is 0.0753. The van der Waals surface area contributed by atoms with Crippen molar-refractivity contribution in [3.05, 3.63) is 89.2 Å². The normalized spacial score (nSPS) is 14.7. The van der Waals surface area contributed by atoms with Gasteiger partial charge in [-0.1, -0.05) is 18.2 Å². The number of carbonyl (C=O) groups is 2. The number of hydrogen-bond donors (Lipinski definition) is 2. The van der Waals surface area contributed by atoms with Crippen molar-refractivity contribution in [2.24, 2.45) is 4.99 Å². The van der Waals surface area contributed by atoms with Crippen molar-refractivity contribution < 1.29 is 23.8 Å². The van der Waals surface area contributed by atoms with Gasteiger partial charge in [0, 0.05) is 49.9 Å². The molecular weight excluding hydrogens is 537 g/mol. The van der Waals surface area contributed by atoms with Gasteiger partial charge in [0.25, 0.3) is 0 Å². The molecule has 218 valence electrons. The molecule has 0 bridgehead atoms. The Morgan fingerprint density at radius 1 is 1.05 bits per heavy atom. The third-order valence-electron chi connectivity index (χ3n) is 7.56. The fraction of sp³-hybridized carbons (Fsp3) is 0.281. The van der Waals surface area contributed by atoms with Gasteiger partial charge >= 0.3 is 5.97 Å². The van der Waals surface area contributed by atoms with Crippen LogP contribution < -0.4 is 4.90 Å². The quantitative estimate of drug-likeness (QED) is 0.244. The highest BCUT2D eigenvalue weighted by atomic mass is 19.1. The highest BCUT2D eigenvalue weighted by Crippen LogP contribution is 2.32. The van der Waals surface area contributed by atoms with Gasteiger partial charge in [-0.3, -0.25) is 14.5 Å². The summed E-state index contributed by atoms with van der Waals surface area (Å²) in [4.78, 5) is 38.7. The highest BCUT2D eigenvalue weighted by molar-refractivity contribution is 6.22. The van der Waals surface area contributed by atoms with Gasteiger partial charge in [0.2, 0.25) is 5.91 Å². The van der Waals surface area contributed by atoms with E-state index in [-0.39, 0.29) is 24.2 Å². The number of piperazine rings is 1. The largest absolute Gasteiger partial charge is 0.494 e. The number of aromatic amines is 1. The maximum absolute atomic E-state index is 14.0. The Kier molecular flexibility index (Phi) is 8.65. The molecule has 2 N–H and O–H groups in total. The summed E-state index contributed by atoms with van der Waals surface area (Å²) in [5.41, 5.74) is 3.96.